The molecule has 0 unspecified atom stereocenters. The van der Waals surface area contributed by atoms with Crippen LogP contribution in [0, 0.1) is 6.92 Å². The minimum absolute atomic E-state index is 0.0540. The third-order valence-corrected chi connectivity index (χ3v) is 3.88. The number of rotatable bonds is 3. The third-order valence-electron chi connectivity index (χ3n) is 3.88. The van der Waals surface area contributed by atoms with Crippen LogP contribution in [0.15, 0.2) is 36.7 Å². The monoisotopic (exact) mass is 296 g/mol. The molecule has 0 bridgehead atoms. The Hall–Kier alpha value is -2.16. The van der Waals surface area contributed by atoms with Gasteiger partial charge in [-0.05, 0) is 47.6 Å². The lowest BCUT2D eigenvalue weighted by molar-refractivity contribution is 0.102. The molecule has 0 atom stereocenters. The van der Waals surface area contributed by atoms with Crippen LogP contribution in [0.2, 0.25) is 0 Å². The fourth-order valence-corrected chi connectivity index (χ4v) is 2.34. The number of anilines is 1. The molecule has 0 fully saturated rings. The van der Waals surface area contributed by atoms with Gasteiger partial charge in [0, 0.05) is 23.6 Å². The van der Waals surface area contributed by atoms with Crippen molar-refractivity contribution in [3.63, 3.8) is 0 Å². The van der Waals surface area contributed by atoms with E-state index in [-0.39, 0.29) is 11.3 Å². The Morgan fingerprint density at radius 3 is 2.59 bits per heavy atom. The van der Waals surface area contributed by atoms with Gasteiger partial charge in [-0.3, -0.25) is 9.78 Å². The van der Waals surface area contributed by atoms with E-state index in [4.69, 9.17) is 0 Å². The number of aromatic nitrogens is 1. The second-order valence-electron chi connectivity index (χ2n) is 6.62. The predicted molar refractivity (Wildman–Crippen MR) is 91.4 cm³/mol. The van der Waals surface area contributed by atoms with Crippen molar-refractivity contribution in [2.45, 2.75) is 46.5 Å². The van der Waals surface area contributed by atoms with E-state index in [0.717, 1.165) is 23.2 Å². The van der Waals surface area contributed by atoms with Gasteiger partial charge in [-0.25, -0.2) is 0 Å². The van der Waals surface area contributed by atoms with Crippen LogP contribution >= 0.6 is 0 Å². The highest BCUT2D eigenvalue weighted by Gasteiger charge is 2.16. The summed E-state index contributed by atoms with van der Waals surface area (Å²) >= 11 is 0. The van der Waals surface area contributed by atoms with E-state index in [2.05, 4.69) is 49.3 Å². The first-order valence-electron chi connectivity index (χ1n) is 7.68. The molecule has 1 aromatic carbocycles. The van der Waals surface area contributed by atoms with Crippen molar-refractivity contribution in [1.82, 2.24) is 4.98 Å². The van der Waals surface area contributed by atoms with Crippen LogP contribution in [0.3, 0.4) is 0 Å². The van der Waals surface area contributed by atoms with Gasteiger partial charge in [0.15, 0.2) is 0 Å². The van der Waals surface area contributed by atoms with E-state index >= 15 is 0 Å². The highest BCUT2D eigenvalue weighted by Crippen LogP contribution is 2.27. The lowest BCUT2D eigenvalue weighted by Crippen LogP contribution is -2.17. The van der Waals surface area contributed by atoms with E-state index in [0.29, 0.717) is 5.56 Å². The van der Waals surface area contributed by atoms with E-state index in [1.165, 1.54) is 5.56 Å². The Morgan fingerprint density at radius 1 is 1.23 bits per heavy atom. The SMILES string of the molecule is CCc1cnccc1C(=O)Nc1cc(C(C)(C)C)ccc1C. The van der Waals surface area contributed by atoms with Gasteiger partial charge in [0.05, 0.1) is 0 Å². The van der Waals surface area contributed by atoms with E-state index in [9.17, 15) is 4.79 Å². The second-order valence-corrected chi connectivity index (χ2v) is 6.62. The van der Waals surface area contributed by atoms with Gasteiger partial charge >= 0.3 is 0 Å². The van der Waals surface area contributed by atoms with Gasteiger partial charge in [-0.1, -0.05) is 39.8 Å². The Kier molecular flexibility index (Phi) is 4.65. The normalized spacial score (nSPS) is 11.3. The van der Waals surface area contributed by atoms with Crippen LogP contribution in [0.25, 0.3) is 0 Å². The van der Waals surface area contributed by atoms with Gasteiger partial charge < -0.3 is 5.32 Å². The number of amides is 1. The number of nitrogens with one attached hydrogen (secondary N) is 1. The van der Waals surface area contributed by atoms with Gasteiger partial charge in [0.25, 0.3) is 5.91 Å². The molecule has 0 saturated carbocycles. The first-order chi connectivity index (χ1) is 10.3. The Balaban J connectivity index is 2.32. The number of benzene rings is 1. The Morgan fingerprint density at radius 2 is 1.95 bits per heavy atom. The fraction of sp³-hybridized carbons (Fsp3) is 0.368. The molecular weight excluding hydrogens is 272 g/mol. The first kappa shape index (κ1) is 16.2. The molecule has 3 nitrogen and oxygen atoms in total. The standard InChI is InChI=1S/C19H24N2O/c1-6-14-12-20-10-9-16(14)18(22)21-17-11-15(19(3,4)5)8-7-13(17)2/h7-12H,6H2,1-5H3,(H,21,22). The molecule has 1 heterocycles. The van der Waals surface area contributed by atoms with Crippen LogP contribution in [0.4, 0.5) is 5.69 Å². The molecule has 1 aromatic heterocycles. The van der Waals surface area contributed by atoms with Crippen molar-refractivity contribution in [3.8, 4) is 0 Å². The number of hydrogen-bond donors (Lipinski definition) is 1. The summed E-state index contributed by atoms with van der Waals surface area (Å²) in [7, 11) is 0. The smallest absolute Gasteiger partial charge is 0.256 e. The fourth-order valence-electron chi connectivity index (χ4n) is 2.34. The number of hydrogen-bond acceptors (Lipinski definition) is 2. The summed E-state index contributed by atoms with van der Waals surface area (Å²) in [5.41, 5.74) is 4.85. The molecule has 22 heavy (non-hydrogen) atoms. The van der Waals surface area contributed by atoms with E-state index < -0.39 is 0 Å². The van der Waals surface area contributed by atoms with Crippen LogP contribution in [0.1, 0.15) is 54.7 Å². The van der Waals surface area contributed by atoms with Crippen LogP contribution in [0.5, 0.6) is 0 Å². The van der Waals surface area contributed by atoms with E-state index in [1.807, 2.05) is 13.8 Å². The molecular formula is C19H24N2O. The number of carbonyl (C=O) groups is 1. The number of carbonyl (C=O) groups excluding carboxylic acids is 1. The molecule has 1 amide bonds. The maximum atomic E-state index is 12.6. The highest BCUT2D eigenvalue weighted by atomic mass is 16.1. The maximum Gasteiger partial charge on any atom is 0.256 e. The molecule has 116 valence electrons. The highest BCUT2D eigenvalue weighted by molar-refractivity contribution is 6.05. The van der Waals surface area contributed by atoms with Crippen LogP contribution < -0.4 is 5.32 Å². The predicted octanol–water partition coefficient (Wildman–Crippen LogP) is 4.50. The average Bonchev–Trinajstić information content (AvgIpc) is 2.48. The molecule has 0 aliphatic carbocycles. The molecule has 2 aromatic rings. The van der Waals surface area contributed by atoms with Crippen molar-refractivity contribution in [2.75, 3.05) is 5.32 Å². The topological polar surface area (TPSA) is 42.0 Å². The largest absolute Gasteiger partial charge is 0.322 e. The van der Waals surface area contributed by atoms with Crippen LogP contribution in [-0.2, 0) is 11.8 Å². The lowest BCUT2D eigenvalue weighted by Gasteiger charge is -2.21. The summed E-state index contributed by atoms with van der Waals surface area (Å²) in [4.78, 5) is 16.7. The van der Waals surface area contributed by atoms with Crippen molar-refractivity contribution in [2.24, 2.45) is 0 Å². The van der Waals surface area contributed by atoms with Crippen molar-refractivity contribution >= 4 is 11.6 Å². The zero-order valence-electron chi connectivity index (χ0n) is 14.0. The van der Waals surface area contributed by atoms with Gasteiger partial charge in [-0.15, -0.1) is 0 Å². The second kappa shape index (κ2) is 6.30. The van der Waals surface area contributed by atoms with Crippen molar-refractivity contribution in [3.05, 3.63) is 58.9 Å². The molecule has 0 radical (unpaired) electrons. The Bertz CT molecular complexity index is 684. The summed E-state index contributed by atoms with van der Waals surface area (Å²) in [6.07, 6.45) is 4.21. The van der Waals surface area contributed by atoms with Crippen LogP contribution in [-0.4, -0.2) is 10.9 Å². The van der Waals surface area contributed by atoms with Gasteiger partial charge in [-0.2, -0.15) is 0 Å². The van der Waals surface area contributed by atoms with E-state index in [1.54, 1.807) is 18.5 Å². The number of aryl methyl sites for hydroxylation is 2. The first-order valence-corrected chi connectivity index (χ1v) is 7.68. The van der Waals surface area contributed by atoms with Crippen molar-refractivity contribution in [1.29, 1.82) is 0 Å². The van der Waals surface area contributed by atoms with Crippen molar-refractivity contribution < 1.29 is 4.79 Å². The molecule has 0 saturated heterocycles. The minimum Gasteiger partial charge on any atom is -0.322 e. The zero-order valence-corrected chi connectivity index (χ0v) is 14.0. The Labute approximate surface area is 132 Å². The number of nitrogens with zero attached hydrogens (tertiary/aromatic N) is 1. The molecule has 0 spiro atoms. The summed E-state index contributed by atoms with van der Waals surface area (Å²) in [6.45, 7) is 10.5. The average molecular weight is 296 g/mol. The summed E-state index contributed by atoms with van der Waals surface area (Å²) in [6, 6.07) is 8.02. The number of pyridine rings is 1. The molecule has 0 aliphatic heterocycles. The maximum absolute atomic E-state index is 12.6. The molecule has 0 aliphatic rings. The molecule has 1 N–H and O–H groups in total. The molecule has 2 rings (SSSR count). The minimum atomic E-state index is -0.0755. The lowest BCUT2D eigenvalue weighted by atomic mass is 9.86. The summed E-state index contributed by atoms with van der Waals surface area (Å²) in [5, 5.41) is 3.05. The van der Waals surface area contributed by atoms with Gasteiger partial charge in [0.1, 0.15) is 0 Å². The molecule has 3 heteroatoms. The summed E-state index contributed by atoms with van der Waals surface area (Å²) < 4.78 is 0. The zero-order chi connectivity index (χ0) is 16.3. The third kappa shape index (κ3) is 3.53. The van der Waals surface area contributed by atoms with Gasteiger partial charge in [0.2, 0.25) is 0 Å². The quantitative estimate of drug-likeness (QED) is 0.906. The summed E-state index contributed by atoms with van der Waals surface area (Å²) in [5.74, 6) is -0.0755.